The van der Waals surface area contributed by atoms with Crippen LogP contribution in [0.1, 0.15) is 32.6 Å². The van der Waals surface area contributed by atoms with Crippen LogP contribution in [0.4, 0.5) is 0 Å². The lowest BCUT2D eigenvalue weighted by molar-refractivity contribution is 0.273. The van der Waals surface area contributed by atoms with Crippen LogP contribution in [0, 0.1) is 17.8 Å². The van der Waals surface area contributed by atoms with E-state index in [0.717, 1.165) is 28.8 Å². The largest absolute Gasteiger partial charge is 0.0693 e. The van der Waals surface area contributed by atoms with Crippen molar-refractivity contribution in [2.24, 2.45) is 17.8 Å². The Hall–Kier alpha value is 0.434. The number of hydrogen-bond acceptors (Lipinski definition) is 0. The van der Waals surface area contributed by atoms with Gasteiger partial charge in [0.2, 0.25) is 0 Å². The molecule has 4 unspecified atom stereocenters. The van der Waals surface area contributed by atoms with E-state index in [9.17, 15) is 0 Å². The average molecular weight is 283 g/mol. The van der Waals surface area contributed by atoms with Crippen molar-refractivity contribution in [3.05, 3.63) is 0 Å². The predicted octanol–water partition coefficient (Wildman–Crippen LogP) is 5.86. The van der Waals surface area contributed by atoms with Crippen LogP contribution in [0.3, 0.4) is 0 Å². The van der Waals surface area contributed by atoms with Gasteiger partial charge in [0.15, 0.2) is 0 Å². The zero-order chi connectivity index (χ0) is 13.7. The lowest BCUT2D eigenvalue weighted by atomic mass is 9.81. The highest BCUT2D eigenvalue weighted by atomic mass is 28.3. The molecule has 2 rings (SSSR count). The average Bonchev–Trinajstić information content (AvgIpc) is 2.47. The Morgan fingerprint density at radius 1 is 0.667 bits per heavy atom. The van der Waals surface area contributed by atoms with Gasteiger partial charge in [-0.05, 0) is 28.8 Å². The summed E-state index contributed by atoms with van der Waals surface area (Å²) in [5, 5.41) is 0. The molecule has 0 bridgehead atoms. The Kier molecular flexibility index (Phi) is 3.93. The lowest BCUT2D eigenvalue weighted by Gasteiger charge is -2.37. The van der Waals surface area contributed by atoms with Gasteiger partial charge in [0.1, 0.15) is 0 Å². The monoisotopic (exact) mass is 282 g/mol. The third kappa shape index (κ3) is 2.52. The predicted molar refractivity (Wildman–Crippen MR) is 88.8 cm³/mol. The van der Waals surface area contributed by atoms with E-state index in [0.29, 0.717) is 0 Å². The van der Waals surface area contributed by atoms with Gasteiger partial charge < -0.3 is 0 Å². The Bertz CT molecular complexity index is 267. The summed E-state index contributed by atoms with van der Waals surface area (Å²) in [5.41, 5.74) is 2.22. The quantitative estimate of drug-likeness (QED) is 0.557. The number of rotatable bonds is 2. The van der Waals surface area contributed by atoms with Crippen LogP contribution in [0.5, 0.6) is 0 Å². The minimum atomic E-state index is -0.994. The lowest BCUT2D eigenvalue weighted by Crippen LogP contribution is -2.36. The van der Waals surface area contributed by atoms with Gasteiger partial charge in [0.05, 0.1) is 0 Å². The maximum atomic E-state index is 2.63. The van der Waals surface area contributed by atoms with E-state index < -0.39 is 16.1 Å². The first-order valence-corrected chi connectivity index (χ1v) is 15.3. The van der Waals surface area contributed by atoms with Crippen molar-refractivity contribution in [2.45, 2.75) is 83.0 Å². The van der Waals surface area contributed by atoms with Gasteiger partial charge in [-0.2, -0.15) is 0 Å². The van der Waals surface area contributed by atoms with Crippen LogP contribution in [0.15, 0.2) is 0 Å². The summed E-state index contributed by atoms with van der Waals surface area (Å²) in [7, 11) is -1.99. The summed E-state index contributed by atoms with van der Waals surface area (Å²) in [6, 6.07) is 0. The fraction of sp³-hybridized carbons (Fsp3) is 1.00. The van der Waals surface area contributed by atoms with Crippen LogP contribution in [-0.2, 0) is 0 Å². The SMILES string of the molecule is CC1C([Si](C)(C)C)C2CCCCC2C1[Si](C)(C)C. The number of hydrogen-bond donors (Lipinski definition) is 0. The Balaban J connectivity index is 2.34. The molecule has 0 N–H and O–H groups in total. The maximum absolute atomic E-state index is 2.63. The van der Waals surface area contributed by atoms with Crippen molar-refractivity contribution in [3.8, 4) is 0 Å². The molecular weight excluding hydrogens is 248 g/mol. The molecule has 0 aromatic rings. The van der Waals surface area contributed by atoms with Crippen LogP contribution in [0.25, 0.3) is 0 Å². The Morgan fingerprint density at radius 3 is 1.28 bits per heavy atom. The zero-order valence-corrected chi connectivity index (χ0v) is 15.7. The van der Waals surface area contributed by atoms with Gasteiger partial charge in [-0.1, -0.05) is 71.9 Å². The Morgan fingerprint density at radius 2 is 1.00 bits per heavy atom. The van der Waals surface area contributed by atoms with E-state index in [4.69, 9.17) is 0 Å². The van der Waals surface area contributed by atoms with E-state index >= 15 is 0 Å². The van der Waals surface area contributed by atoms with Crippen LogP contribution in [0.2, 0.25) is 50.4 Å². The molecular formula is C16H34Si2. The topological polar surface area (TPSA) is 0 Å². The first-order valence-electron chi connectivity index (χ1n) is 8.14. The molecule has 106 valence electrons. The zero-order valence-electron chi connectivity index (χ0n) is 13.7. The maximum Gasteiger partial charge on any atom is 0.0479 e. The molecule has 4 atom stereocenters. The molecule has 0 amide bonds. The highest BCUT2D eigenvalue weighted by molar-refractivity contribution is 6.80. The van der Waals surface area contributed by atoms with Crippen LogP contribution < -0.4 is 0 Å². The van der Waals surface area contributed by atoms with Crippen molar-refractivity contribution in [1.29, 1.82) is 0 Å². The molecule has 0 aliphatic heterocycles. The van der Waals surface area contributed by atoms with Crippen molar-refractivity contribution in [3.63, 3.8) is 0 Å². The summed E-state index contributed by atoms with van der Waals surface area (Å²) >= 11 is 0. The van der Waals surface area contributed by atoms with E-state index in [-0.39, 0.29) is 0 Å². The summed E-state index contributed by atoms with van der Waals surface area (Å²) in [5.74, 6) is 3.24. The van der Waals surface area contributed by atoms with Crippen molar-refractivity contribution in [1.82, 2.24) is 0 Å². The molecule has 2 fully saturated rings. The van der Waals surface area contributed by atoms with E-state index in [1.54, 1.807) is 12.8 Å². The molecule has 0 saturated heterocycles. The summed E-state index contributed by atoms with van der Waals surface area (Å²) in [4.78, 5) is 0. The minimum Gasteiger partial charge on any atom is -0.0693 e. The summed E-state index contributed by atoms with van der Waals surface area (Å²) in [6.07, 6.45) is 6.16. The first kappa shape index (κ1) is 14.8. The minimum absolute atomic E-state index is 0.994. The molecule has 0 spiro atoms. The summed E-state index contributed by atoms with van der Waals surface area (Å²) < 4.78 is 0. The first-order chi connectivity index (χ1) is 8.14. The van der Waals surface area contributed by atoms with Crippen molar-refractivity contribution in [2.75, 3.05) is 0 Å². The van der Waals surface area contributed by atoms with Crippen LogP contribution >= 0.6 is 0 Å². The molecule has 0 heterocycles. The Labute approximate surface area is 117 Å². The standard InChI is InChI=1S/C16H34Si2/c1-12-15(17(2,3)4)13-10-8-9-11-14(13)16(12)18(5,6)7/h12-16H,8-11H2,1-7H3. The molecule has 2 heteroatoms. The highest BCUT2D eigenvalue weighted by Gasteiger charge is 2.55. The van der Waals surface area contributed by atoms with Gasteiger partial charge in [-0.25, -0.2) is 0 Å². The molecule has 0 aromatic heterocycles. The molecule has 2 saturated carbocycles. The normalized spacial score (nSPS) is 41.8. The second-order valence-electron chi connectivity index (χ2n) is 9.25. The third-order valence-electron chi connectivity index (χ3n) is 5.93. The molecule has 0 nitrogen and oxygen atoms in total. The van der Waals surface area contributed by atoms with Gasteiger partial charge >= 0.3 is 0 Å². The molecule has 18 heavy (non-hydrogen) atoms. The van der Waals surface area contributed by atoms with Gasteiger partial charge in [0.25, 0.3) is 0 Å². The molecule has 0 radical (unpaired) electrons. The van der Waals surface area contributed by atoms with E-state index in [1.807, 2.05) is 0 Å². The van der Waals surface area contributed by atoms with Crippen molar-refractivity contribution < 1.29 is 0 Å². The second kappa shape index (κ2) is 4.77. The molecule has 0 aromatic carbocycles. The van der Waals surface area contributed by atoms with E-state index in [2.05, 4.69) is 46.2 Å². The fourth-order valence-corrected chi connectivity index (χ4v) is 13.1. The third-order valence-corrected chi connectivity index (χ3v) is 11.8. The van der Waals surface area contributed by atoms with Gasteiger partial charge in [-0.3, -0.25) is 0 Å². The fourth-order valence-electron chi connectivity index (χ4n) is 5.94. The van der Waals surface area contributed by atoms with Crippen molar-refractivity contribution >= 4 is 16.1 Å². The molecule has 2 aliphatic rings. The van der Waals surface area contributed by atoms with E-state index in [1.165, 1.54) is 12.8 Å². The smallest absolute Gasteiger partial charge is 0.0479 e. The summed E-state index contributed by atoms with van der Waals surface area (Å²) in [6.45, 7) is 18.4. The highest BCUT2D eigenvalue weighted by Crippen LogP contribution is 2.63. The van der Waals surface area contributed by atoms with Gasteiger partial charge in [-0.15, -0.1) is 0 Å². The van der Waals surface area contributed by atoms with Gasteiger partial charge in [0, 0.05) is 16.1 Å². The second-order valence-corrected chi connectivity index (χ2v) is 20.1. The van der Waals surface area contributed by atoms with Crippen LogP contribution in [-0.4, -0.2) is 16.1 Å². The number of fused-ring (bicyclic) bond motifs is 1. The molecule has 2 aliphatic carbocycles.